The molecule has 31 heavy (non-hydrogen) atoms. The fourth-order valence-electron chi connectivity index (χ4n) is 3.19. The third-order valence-electron chi connectivity index (χ3n) is 4.56. The topological polar surface area (TPSA) is 72.1 Å². The first-order valence-electron chi connectivity index (χ1n) is 9.15. The van der Waals surface area contributed by atoms with Crippen LogP contribution in [-0.2, 0) is 4.79 Å². The van der Waals surface area contributed by atoms with Crippen LogP contribution >= 0.6 is 11.6 Å². The average Bonchev–Trinajstić information content (AvgIpc) is 3.16. The number of halogens is 3. The van der Waals surface area contributed by atoms with E-state index in [1.165, 1.54) is 37.6 Å². The van der Waals surface area contributed by atoms with Gasteiger partial charge in [-0.1, -0.05) is 28.4 Å². The number of hydrogen-bond donors (Lipinski definition) is 0. The van der Waals surface area contributed by atoms with Crippen LogP contribution in [0.25, 0.3) is 22.5 Å². The van der Waals surface area contributed by atoms with Crippen molar-refractivity contribution in [3.63, 3.8) is 0 Å². The SMILES string of the molecule is CC(=O)N(c1ccc(F)cc1Cl)c1onc(-c2cc(C)ccc2F)c1-c1ccncn1. The Kier molecular flexibility index (Phi) is 5.48. The second kappa shape index (κ2) is 8.23. The van der Waals surface area contributed by atoms with Gasteiger partial charge in [-0.3, -0.25) is 4.79 Å². The molecule has 0 spiro atoms. The van der Waals surface area contributed by atoms with Crippen LogP contribution in [0.15, 0.2) is 59.5 Å². The van der Waals surface area contributed by atoms with Crippen molar-refractivity contribution < 1.29 is 18.1 Å². The molecule has 4 aromatic rings. The number of aryl methyl sites for hydroxylation is 1. The number of hydrogen-bond acceptors (Lipinski definition) is 5. The number of carbonyl (C=O) groups excluding carboxylic acids is 1. The fourth-order valence-corrected chi connectivity index (χ4v) is 3.44. The third kappa shape index (κ3) is 3.89. The van der Waals surface area contributed by atoms with Gasteiger partial charge in [-0.05, 0) is 43.3 Å². The van der Waals surface area contributed by atoms with E-state index in [1.807, 2.05) is 6.92 Å². The minimum Gasteiger partial charge on any atom is -0.336 e. The van der Waals surface area contributed by atoms with Crippen molar-refractivity contribution in [3.05, 3.63) is 77.2 Å². The van der Waals surface area contributed by atoms with E-state index < -0.39 is 17.5 Å². The lowest BCUT2D eigenvalue weighted by molar-refractivity contribution is -0.116. The molecule has 0 atom stereocenters. The van der Waals surface area contributed by atoms with E-state index in [0.717, 1.165) is 16.5 Å². The van der Waals surface area contributed by atoms with E-state index in [0.29, 0.717) is 5.69 Å². The molecule has 0 bridgehead atoms. The summed E-state index contributed by atoms with van der Waals surface area (Å²) in [5, 5.41) is 4.04. The van der Waals surface area contributed by atoms with Crippen molar-refractivity contribution in [2.75, 3.05) is 4.90 Å². The summed E-state index contributed by atoms with van der Waals surface area (Å²) in [6.07, 6.45) is 2.81. The van der Waals surface area contributed by atoms with E-state index >= 15 is 0 Å². The Hall–Kier alpha value is -3.65. The highest BCUT2D eigenvalue weighted by atomic mass is 35.5. The maximum absolute atomic E-state index is 14.7. The summed E-state index contributed by atoms with van der Waals surface area (Å²) in [6.45, 7) is 3.10. The van der Waals surface area contributed by atoms with Crippen molar-refractivity contribution in [1.29, 1.82) is 0 Å². The van der Waals surface area contributed by atoms with E-state index in [1.54, 1.807) is 18.2 Å². The van der Waals surface area contributed by atoms with E-state index in [4.69, 9.17) is 16.1 Å². The second-order valence-corrected chi connectivity index (χ2v) is 7.15. The van der Waals surface area contributed by atoms with Crippen molar-refractivity contribution in [1.82, 2.24) is 15.1 Å². The van der Waals surface area contributed by atoms with Gasteiger partial charge in [0.05, 0.1) is 22.0 Å². The van der Waals surface area contributed by atoms with Crippen LogP contribution in [0.4, 0.5) is 20.4 Å². The van der Waals surface area contributed by atoms with Gasteiger partial charge >= 0.3 is 0 Å². The molecule has 0 radical (unpaired) electrons. The van der Waals surface area contributed by atoms with Gasteiger partial charge in [0.1, 0.15) is 23.7 Å². The smallest absolute Gasteiger partial charge is 0.248 e. The Morgan fingerprint density at radius 1 is 1.13 bits per heavy atom. The molecular weight excluding hydrogens is 426 g/mol. The van der Waals surface area contributed by atoms with Gasteiger partial charge in [0.15, 0.2) is 0 Å². The summed E-state index contributed by atoms with van der Waals surface area (Å²) in [5.74, 6) is -1.59. The van der Waals surface area contributed by atoms with Crippen LogP contribution in [0.5, 0.6) is 0 Å². The van der Waals surface area contributed by atoms with Crippen LogP contribution < -0.4 is 4.90 Å². The van der Waals surface area contributed by atoms with Crippen LogP contribution in [0, 0.1) is 18.6 Å². The molecule has 9 heteroatoms. The molecule has 2 aromatic carbocycles. The molecule has 2 aromatic heterocycles. The van der Waals surface area contributed by atoms with Gasteiger partial charge in [0.25, 0.3) is 0 Å². The van der Waals surface area contributed by atoms with Crippen LogP contribution in [0.1, 0.15) is 12.5 Å². The predicted octanol–water partition coefficient (Wildman–Crippen LogP) is 5.72. The Bertz CT molecular complexity index is 1280. The Balaban J connectivity index is 2.01. The second-order valence-electron chi connectivity index (χ2n) is 6.74. The molecule has 0 N–H and O–H groups in total. The molecule has 1 amide bonds. The standard InChI is InChI=1S/C22H15ClF2N4O2/c1-12-3-5-17(25)15(9-12)21-20(18-7-8-26-11-27-18)22(31-28-21)29(13(2)30)19-6-4-14(24)10-16(19)23/h3-11H,1-2H3. The maximum atomic E-state index is 14.7. The summed E-state index contributed by atoms with van der Waals surface area (Å²) in [5.41, 5.74) is 1.93. The normalized spacial score (nSPS) is 10.9. The molecule has 2 heterocycles. The van der Waals surface area contributed by atoms with Crippen molar-refractivity contribution in [3.8, 4) is 22.5 Å². The van der Waals surface area contributed by atoms with Crippen LogP contribution in [0.2, 0.25) is 5.02 Å². The molecule has 0 aliphatic rings. The average molecular weight is 441 g/mol. The van der Waals surface area contributed by atoms with Crippen molar-refractivity contribution >= 4 is 29.1 Å². The van der Waals surface area contributed by atoms with E-state index in [9.17, 15) is 13.6 Å². The van der Waals surface area contributed by atoms with E-state index in [2.05, 4.69) is 15.1 Å². The summed E-state index contributed by atoms with van der Waals surface area (Å²) in [7, 11) is 0. The molecule has 0 fully saturated rings. The van der Waals surface area contributed by atoms with E-state index in [-0.39, 0.29) is 33.4 Å². The Morgan fingerprint density at radius 3 is 2.61 bits per heavy atom. The van der Waals surface area contributed by atoms with Gasteiger partial charge in [0.2, 0.25) is 11.8 Å². The van der Waals surface area contributed by atoms with Crippen LogP contribution in [-0.4, -0.2) is 21.0 Å². The largest absolute Gasteiger partial charge is 0.336 e. The number of amides is 1. The zero-order valence-corrected chi connectivity index (χ0v) is 17.2. The lowest BCUT2D eigenvalue weighted by Gasteiger charge is -2.20. The summed E-state index contributed by atoms with van der Waals surface area (Å²) < 4.78 is 33.8. The van der Waals surface area contributed by atoms with Gasteiger partial charge in [0, 0.05) is 18.7 Å². The Labute approximate surface area is 181 Å². The summed E-state index contributed by atoms with van der Waals surface area (Å²) >= 11 is 6.20. The number of nitrogens with zero attached hydrogens (tertiary/aromatic N) is 4. The molecule has 0 unspecified atom stereocenters. The molecular formula is C22H15ClF2N4O2. The molecule has 0 aliphatic carbocycles. The number of benzene rings is 2. The maximum Gasteiger partial charge on any atom is 0.248 e. The van der Waals surface area contributed by atoms with Gasteiger partial charge in [-0.2, -0.15) is 0 Å². The lowest BCUT2D eigenvalue weighted by Crippen LogP contribution is -2.23. The predicted molar refractivity (Wildman–Crippen MR) is 112 cm³/mol. The third-order valence-corrected chi connectivity index (χ3v) is 4.86. The zero-order chi connectivity index (χ0) is 22.1. The summed E-state index contributed by atoms with van der Waals surface area (Å²) in [6, 6.07) is 9.74. The first-order chi connectivity index (χ1) is 14.9. The number of rotatable bonds is 4. The molecule has 0 aliphatic heterocycles. The van der Waals surface area contributed by atoms with Gasteiger partial charge < -0.3 is 4.52 Å². The number of carbonyl (C=O) groups is 1. The Morgan fingerprint density at radius 2 is 1.94 bits per heavy atom. The number of aromatic nitrogens is 3. The first kappa shape index (κ1) is 20.6. The minimum absolute atomic E-state index is 0.0106. The quantitative estimate of drug-likeness (QED) is 0.405. The molecule has 156 valence electrons. The highest BCUT2D eigenvalue weighted by Crippen LogP contribution is 2.43. The lowest BCUT2D eigenvalue weighted by atomic mass is 10.0. The molecule has 0 saturated heterocycles. The first-order valence-corrected chi connectivity index (χ1v) is 9.53. The van der Waals surface area contributed by atoms with Crippen molar-refractivity contribution in [2.45, 2.75) is 13.8 Å². The fraction of sp³-hybridized carbons (Fsp3) is 0.0909. The van der Waals surface area contributed by atoms with Crippen molar-refractivity contribution in [2.24, 2.45) is 0 Å². The number of anilines is 2. The molecule has 0 saturated carbocycles. The molecule has 6 nitrogen and oxygen atoms in total. The summed E-state index contributed by atoms with van der Waals surface area (Å²) in [4.78, 5) is 21.9. The van der Waals surface area contributed by atoms with Gasteiger partial charge in [-0.25, -0.2) is 23.6 Å². The highest BCUT2D eigenvalue weighted by molar-refractivity contribution is 6.34. The monoisotopic (exact) mass is 440 g/mol. The molecule has 4 rings (SSSR count). The highest BCUT2D eigenvalue weighted by Gasteiger charge is 2.30. The van der Waals surface area contributed by atoms with Crippen LogP contribution in [0.3, 0.4) is 0 Å². The minimum atomic E-state index is -0.562. The van der Waals surface area contributed by atoms with Gasteiger partial charge in [-0.15, -0.1) is 0 Å². The zero-order valence-electron chi connectivity index (χ0n) is 16.4.